The summed E-state index contributed by atoms with van der Waals surface area (Å²) in [7, 11) is 0. The topological polar surface area (TPSA) is 81.8 Å². The Morgan fingerprint density at radius 3 is 2.30 bits per heavy atom. The molecule has 176 valence electrons. The normalized spacial score (nSPS) is 15.1. The summed E-state index contributed by atoms with van der Waals surface area (Å²) in [5, 5.41) is 6.45. The smallest absolute Gasteiger partial charge is 0.238 e. The highest BCUT2D eigenvalue weighted by atomic mass is 35.5. The molecule has 1 fully saturated rings. The lowest BCUT2D eigenvalue weighted by Crippen LogP contribution is -2.51. The molecular formula is C25H31ClN4O3. The van der Waals surface area contributed by atoms with E-state index in [2.05, 4.69) is 15.5 Å². The number of nitrogens with zero attached hydrogens (tertiary/aromatic N) is 2. The molecule has 33 heavy (non-hydrogen) atoms. The molecule has 0 bridgehead atoms. The van der Waals surface area contributed by atoms with E-state index in [1.807, 2.05) is 44.2 Å². The molecule has 0 unspecified atom stereocenters. The number of carbonyl (C=O) groups is 3. The Balaban J connectivity index is 1.51. The van der Waals surface area contributed by atoms with Gasteiger partial charge in [0.05, 0.1) is 19.0 Å². The van der Waals surface area contributed by atoms with E-state index >= 15 is 0 Å². The van der Waals surface area contributed by atoms with E-state index in [0.29, 0.717) is 31.2 Å². The van der Waals surface area contributed by atoms with Crippen molar-refractivity contribution in [3.8, 4) is 0 Å². The number of carbonyl (C=O) groups excluding carboxylic acids is 3. The van der Waals surface area contributed by atoms with Gasteiger partial charge in [0, 0.05) is 43.8 Å². The van der Waals surface area contributed by atoms with Crippen molar-refractivity contribution in [2.24, 2.45) is 0 Å². The van der Waals surface area contributed by atoms with E-state index in [-0.39, 0.29) is 30.7 Å². The van der Waals surface area contributed by atoms with E-state index in [9.17, 15) is 14.4 Å². The second-order valence-electron chi connectivity index (χ2n) is 8.46. The molecule has 0 spiro atoms. The zero-order valence-corrected chi connectivity index (χ0v) is 20.1. The quantitative estimate of drug-likeness (QED) is 0.650. The van der Waals surface area contributed by atoms with Gasteiger partial charge < -0.3 is 15.5 Å². The van der Waals surface area contributed by atoms with Crippen LogP contribution in [0.1, 0.15) is 36.1 Å². The molecule has 1 aliphatic heterocycles. The van der Waals surface area contributed by atoms with Crippen LogP contribution in [-0.2, 0) is 14.4 Å². The molecule has 1 aliphatic rings. The molecule has 0 aromatic heterocycles. The third kappa shape index (κ3) is 7.04. The fourth-order valence-corrected chi connectivity index (χ4v) is 4.06. The van der Waals surface area contributed by atoms with Crippen molar-refractivity contribution < 1.29 is 14.4 Å². The zero-order chi connectivity index (χ0) is 24.0. The number of hydrogen-bond acceptors (Lipinski definition) is 4. The van der Waals surface area contributed by atoms with Gasteiger partial charge in [-0.15, -0.1) is 0 Å². The van der Waals surface area contributed by atoms with Gasteiger partial charge in [-0.1, -0.05) is 35.9 Å². The van der Waals surface area contributed by atoms with Gasteiger partial charge in [0.15, 0.2) is 0 Å². The maximum Gasteiger partial charge on any atom is 0.238 e. The first-order valence-electron chi connectivity index (χ1n) is 11.1. The third-order valence-corrected chi connectivity index (χ3v) is 6.25. The van der Waals surface area contributed by atoms with Crippen LogP contribution < -0.4 is 10.6 Å². The molecule has 2 N–H and O–H groups in total. The molecule has 8 heteroatoms. The van der Waals surface area contributed by atoms with Gasteiger partial charge >= 0.3 is 0 Å². The van der Waals surface area contributed by atoms with Crippen molar-refractivity contribution in [1.29, 1.82) is 0 Å². The van der Waals surface area contributed by atoms with Crippen molar-refractivity contribution in [3.05, 3.63) is 64.2 Å². The van der Waals surface area contributed by atoms with Crippen LogP contribution >= 0.6 is 11.6 Å². The number of hydrogen-bond donors (Lipinski definition) is 2. The van der Waals surface area contributed by atoms with Gasteiger partial charge in [-0.3, -0.25) is 19.3 Å². The van der Waals surface area contributed by atoms with Crippen LogP contribution in [0, 0.1) is 13.8 Å². The van der Waals surface area contributed by atoms with Gasteiger partial charge in [0.2, 0.25) is 17.7 Å². The Bertz CT molecular complexity index is 1000. The van der Waals surface area contributed by atoms with E-state index < -0.39 is 6.04 Å². The van der Waals surface area contributed by atoms with Crippen LogP contribution in [0.4, 0.5) is 5.69 Å². The second-order valence-corrected chi connectivity index (χ2v) is 8.90. The molecule has 1 saturated heterocycles. The van der Waals surface area contributed by atoms with E-state index in [1.54, 1.807) is 17.0 Å². The molecule has 3 amide bonds. The highest BCUT2D eigenvalue weighted by molar-refractivity contribution is 6.30. The average molecular weight is 471 g/mol. The predicted molar refractivity (Wildman–Crippen MR) is 130 cm³/mol. The van der Waals surface area contributed by atoms with Crippen molar-refractivity contribution in [3.63, 3.8) is 0 Å². The highest BCUT2D eigenvalue weighted by Gasteiger charge is 2.25. The fourth-order valence-electron chi connectivity index (χ4n) is 3.93. The molecular weight excluding hydrogens is 440 g/mol. The summed E-state index contributed by atoms with van der Waals surface area (Å²) < 4.78 is 0. The van der Waals surface area contributed by atoms with Crippen LogP contribution in [0.3, 0.4) is 0 Å². The van der Waals surface area contributed by atoms with E-state index in [4.69, 9.17) is 11.6 Å². The maximum atomic E-state index is 12.9. The number of nitrogens with one attached hydrogen (secondary N) is 2. The van der Waals surface area contributed by atoms with Crippen molar-refractivity contribution in [1.82, 2.24) is 15.1 Å². The molecule has 0 saturated carbocycles. The zero-order valence-electron chi connectivity index (χ0n) is 19.4. The Hall–Kier alpha value is -2.90. The van der Waals surface area contributed by atoms with Crippen molar-refractivity contribution in [2.45, 2.75) is 33.2 Å². The largest absolute Gasteiger partial charge is 0.349 e. The molecule has 1 heterocycles. The van der Waals surface area contributed by atoms with Gasteiger partial charge in [0.25, 0.3) is 0 Å². The third-order valence-electron chi connectivity index (χ3n) is 6.00. The molecule has 3 rings (SSSR count). The monoisotopic (exact) mass is 470 g/mol. The molecule has 1 atom stereocenters. The fraction of sp³-hybridized carbons (Fsp3) is 0.400. The summed E-state index contributed by atoms with van der Waals surface area (Å²) in [6, 6.07) is 12.6. The minimum atomic E-state index is -0.409. The van der Waals surface area contributed by atoms with Crippen LogP contribution in [0.2, 0.25) is 5.02 Å². The number of aryl methyl sites for hydroxylation is 1. The number of rotatable bonds is 7. The first-order valence-corrected chi connectivity index (χ1v) is 11.5. The minimum absolute atomic E-state index is 0.0248. The van der Waals surface area contributed by atoms with Gasteiger partial charge in [-0.25, -0.2) is 0 Å². The summed E-state index contributed by atoms with van der Waals surface area (Å²) in [5.41, 5.74) is 3.87. The van der Waals surface area contributed by atoms with E-state index in [0.717, 1.165) is 22.4 Å². The van der Waals surface area contributed by atoms with Crippen LogP contribution in [0.15, 0.2) is 42.5 Å². The highest BCUT2D eigenvalue weighted by Crippen LogP contribution is 2.21. The molecule has 2 aromatic carbocycles. The predicted octanol–water partition coefficient (Wildman–Crippen LogP) is 3.31. The van der Waals surface area contributed by atoms with Crippen molar-refractivity contribution >= 4 is 35.0 Å². The number of amides is 3. The second kappa shape index (κ2) is 11.3. The van der Waals surface area contributed by atoms with E-state index in [1.165, 1.54) is 6.92 Å². The molecule has 0 aliphatic carbocycles. The van der Waals surface area contributed by atoms with Gasteiger partial charge in [-0.2, -0.15) is 0 Å². The molecule has 2 aromatic rings. The Kier molecular flexibility index (Phi) is 8.47. The number of halogens is 1. The van der Waals surface area contributed by atoms with Crippen LogP contribution in [-0.4, -0.2) is 60.2 Å². The standard InChI is InChI=1S/C25H31ClN4O3/c1-17-5-4-6-22(18(17)2)28-24(32)16-29-11-13-30(14-12-29)25(33)15-23(27-19(3)31)20-7-9-21(26)10-8-20/h4-10,23H,11-16H2,1-3H3,(H,27,31)(H,28,32)/t23-/m0/s1. The number of piperazine rings is 1. The van der Waals surface area contributed by atoms with Gasteiger partial charge in [-0.05, 0) is 48.7 Å². The summed E-state index contributed by atoms with van der Waals surface area (Å²) in [5.74, 6) is -0.275. The lowest BCUT2D eigenvalue weighted by Gasteiger charge is -2.35. The minimum Gasteiger partial charge on any atom is -0.349 e. The molecule has 7 nitrogen and oxygen atoms in total. The number of benzene rings is 2. The van der Waals surface area contributed by atoms with Crippen LogP contribution in [0.5, 0.6) is 0 Å². The first kappa shape index (κ1) is 24.7. The summed E-state index contributed by atoms with van der Waals surface area (Å²) in [6.45, 7) is 8.07. The SMILES string of the molecule is CC(=O)N[C@@H](CC(=O)N1CCN(CC(=O)Nc2cccc(C)c2C)CC1)c1ccc(Cl)cc1. The van der Waals surface area contributed by atoms with Gasteiger partial charge in [0.1, 0.15) is 0 Å². The van der Waals surface area contributed by atoms with Crippen molar-refractivity contribution in [2.75, 3.05) is 38.0 Å². The summed E-state index contributed by atoms with van der Waals surface area (Å²) in [4.78, 5) is 40.9. The summed E-state index contributed by atoms with van der Waals surface area (Å²) in [6.07, 6.45) is 0.175. The lowest BCUT2D eigenvalue weighted by molar-refractivity contribution is -0.133. The first-order chi connectivity index (χ1) is 15.7. The molecule has 0 radical (unpaired) electrons. The lowest BCUT2D eigenvalue weighted by atomic mass is 10.0. The average Bonchev–Trinajstić information content (AvgIpc) is 2.77. The maximum absolute atomic E-state index is 12.9. The Labute approximate surface area is 200 Å². The Morgan fingerprint density at radius 2 is 1.67 bits per heavy atom. The number of anilines is 1. The Morgan fingerprint density at radius 1 is 1.00 bits per heavy atom. The summed E-state index contributed by atoms with van der Waals surface area (Å²) >= 11 is 5.96. The van der Waals surface area contributed by atoms with Crippen LogP contribution in [0.25, 0.3) is 0 Å².